The van der Waals surface area contributed by atoms with Crippen molar-refractivity contribution in [3.63, 3.8) is 0 Å². The highest BCUT2D eigenvalue weighted by atomic mass is 16.5. The fraction of sp³-hybridized carbons (Fsp3) is 0.333. The van der Waals surface area contributed by atoms with E-state index in [0.29, 0.717) is 29.4 Å². The standard InChI is InChI=1S/C21H28N6O3/c1-13(2)11-24-21(29)20(23)14(10-22)8-19(28)27-18-9-16(25-12-26-18)15-6-4-5-7-17(15)30-3/h4-7,9,12-13H,8,10-11,22-23H2,1-3H3,(H,24,29)(H,25,26,27,28)/b20-14+. The lowest BCUT2D eigenvalue weighted by atomic mass is 10.1. The summed E-state index contributed by atoms with van der Waals surface area (Å²) in [4.78, 5) is 32.9. The number of rotatable bonds is 9. The van der Waals surface area contributed by atoms with Crippen molar-refractivity contribution < 1.29 is 14.3 Å². The summed E-state index contributed by atoms with van der Waals surface area (Å²) in [5.74, 6) is 0.427. The van der Waals surface area contributed by atoms with Gasteiger partial charge in [0.1, 0.15) is 17.9 Å². The minimum atomic E-state index is -0.433. The molecule has 0 saturated heterocycles. The van der Waals surface area contributed by atoms with Crippen LogP contribution in [0.15, 0.2) is 47.9 Å². The number of carbonyl (C=O) groups excluding carboxylic acids is 2. The quantitative estimate of drug-likeness (QED) is 0.456. The molecule has 0 saturated carbocycles. The summed E-state index contributed by atoms with van der Waals surface area (Å²) >= 11 is 0. The molecule has 9 nitrogen and oxygen atoms in total. The molecule has 0 aliphatic carbocycles. The van der Waals surface area contributed by atoms with Gasteiger partial charge >= 0.3 is 0 Å². The molecule has 2 amide bonds. The van der Waals surface area contributed by atoms with Crippen LogP contribution in [0.1, 0.15) is 20.3 Å². The number of para-hydroxylation sites is 1. The van der Waals surface area contributed by atoms with Crippen molar-refractivity contribution in [3.05, 3.63) is 47.9 Å². The van der Waals surface area contributed by atoms with Crippen LogP contribution in [0.2, 0.25) is 0 Å². The molecule has 2 aromatic rings. The maximum absolute atomic E-state index is 12.5. The molecule has 0 unspecified atom stereocenters. The number of methoxy groups -OCH3 is 1. The molecule has 0 aliphatic heterocycles. The average molecular weight is 412 g/mol. The first-order chi connectivity index (χ1) is 14.3. The maximum Gasteiger partial charge on any atom is 0.267 e. The van der Waals surface area contributed by atoms with Gasteiger partial charge in [0.2, 0.25) is 5.91 Å². The largest absolute Gasteiger partial charge is 0.496 e. The van der Waals surface area contributed by atoms with E-state index in [1.165, 1.54) is 6.33 Å². The van der Waals surface area contributed by atoms with Crippen LogP contribution in [-0.2, 0) is 9.59 Å². The zero-order valence-corrected chi connectivity index (χ0v) is 17.4. The van der Waals surface area contributed by atoms with Crippen molar-refractivity contribution in [2.75, 3.05) is 25.5 Å². The lowest BCUT2D eigenvalue weighted by Gasteiger charge is -2.12. The summed E-state index contributed by atoms with van der Waals surface area (Å²) in [5, 5.41) is 5.41. The van der Waals surface area contributed by atoms with Gasteiger partial charge in [-0.2, -0.15) is 0 Å². The first-order valence-corrected chi connectivity index (χ1v) is 9.56. The molecule has 0 aliphatic rings. The number of aromatic nitrogens is 2. The number of hydrogen-bond donors (Lipinski definition) is 4. The predicted molar refractivity (Wildman–Crippen MR) is 115 cm³/mol. The molecule has 9 heteroatoms. The molecule has 0 fully saturated rings. The predicted octanol–water partition coefficient (Wildman–Crippen LogP) is 1.42. The Balaban J connectivity index is 2.12. The monoisotopic (exact) mass is 412 g/mol. The van der Waals surface area contributed by atoms with Crippen LogP contribution >= 0.6 is 0 Å². The number of benzene rings is 1. The Kier molecular flexibility index (Phi) is 8.30. The van der Waals surface area contributed by atoms with Crippen LogP contribution in [0.5, 0.6) is 5.75 Å². The van der Waals surface area contributed by atoms with Gasteiger partial charge in [-0.15, -0.1) is 0 Å². The van der Waals surface area contributed by atoms with E-state index in [1.54, 1.807) is 13.2 Å². The maximum atomic E-state index is 12.5. The van der Waals surface area contributed by atoms with Gasteiger partial charge in [0.15, 0.2) is 0 Å². The molecule has 2 rings (SSSR count). The molecule has 0 radical (unpaired) electrons. The van der Waals surface area contributed by atoms with E-state index < -0.39 is 5.91 Å². The Morgan fingerprint density at radius 1 is 1.20 bits per heavy atom. The SMILES string of the molecule is COc1ccccc1-c1cc(NC(=O)C/C(CN)=C(\N)C(=O)NCC(C)C)ncn1. The molecular formula is C21H28N6O3. The third-order valence-electron chi connectivity index (χ3n) is 4.23. The minimum absolute atomic E-state index is 0.00934. The van der Waals surface area contributed by atoms with Crippen molar-refractivity contribution in [3.8, 4) is 17.0 Å². The second-order valence-corrected chi connectivity index (χ2v) is 7.04. The average Bonchev–Trinajstić information content (AvgIpc) is 2.75. The van der Waals surface area contributed by atoms with Gasteiger partial charge in [-0.1, -0.05) is 26.0 Å². The molecular weight excluding hydrogens is 384 g/mol. The summed E-state index contributed by atoms with van der Waals surface area (Å²) in [6, 6.07) is 9.04. The van der Waals surface area contributed by atoms with Crippen LogP contribution in [0.25, 0.3) is 11.3 Å². The number of nitrogens with one attached hydrogen (secondary N) is 2. The number of hydrogen-bond acceptors (Lipinski definition) is 7. The molecule has 1 heterocycles. The molecule has 1 aromatic heterocycles. The molecule has 0 bridgehead atoms. The number of ether oxygens (including phenoxy) is 1. The summed E-state index contributed by atoms with van der Waals surface area (Å²) in [7, 11) is 1.57. The number of nitrogens with zero attached hydrogens (tertiary/aromatic N) is 2. The van der Waals surface area contributed by atoms with Gasteiger partial charge in [0, 0.05) is 24.7 Å². The van der Waals surface area contributed by atoms with Gasteiger partial charge in [-0.25, -0.2) is 9.97 Å². The Morgan fingerprint density at radius 2 is 1.93 bits per heavy atom. The topological polar surface area (TPSA) is 145 Å². The molecule has 30 heavy (non-hydrogen) atoms. The fourth-order valence-corrected chi connectivity index (χ4v) is 2.64. The number of amides is 2. The van der Waals surface area contributed by atoms with Gasteiger partial charge in [0.05, 0.1) is 24.9 Å². The van der Waals surface area contributed by atoms with Gasteiger partial charge in [-0.05, 0) is 23.6 Å². The van der Waals surface area contributed by atoms with Crippen LogP contribution in [-0.4, -0.2) is 42.0 Å². The van der Waals surface area contributed by atoms with Crippen LogP contribution in [0.4, 0.5) is 5.82 Å². The van der Waals surface area contributed by atoms with E-state index in [2.05, 4.69) is 20.6 Å². The molecule has 6 N–H and O–H groups in total. The molecule has 0 atom stereocenters. The number of anilines is 1. The Hall–Kier alpha value is -3.46. The molecule has 0 spiro atoms. The zero-order chi connectivity index (χ0) is 22.1. The van der Waals surface area contributed by atoms with Gasteiger partial charge < -0.3 is 26.8 Å². The highest BCUT2D eigenvalue weighted by molar-refractivity contribution is 5.96. The third-order valence-corrected chi connectivity index (χ3v) is 4.23. The smallest absolute Gasteiger partial charge is 0.267 e. The highest BCUT2D eigenvalue weighted by Gasteiger charge is 2.15. The Labute approximate surface area is 175 Å². The second kappa shape index (κ2) is 10.9. The first kappa shape index (κ1) is 22.8. The Morgan fingerprint density at radius 3 is 2.60 bits per heavy atom. The van der Waals surface area contributed by atoms with E-state index in [4.69, 9.17) is 16.2 Å². The van der Waals surface area contributed by atoms with Crippen LogP contribution in [0.3, 0.4) is 0 Å². The third kappa shape index (κ3) is 6.28. The van der Waals surface area contributed by atoms with Crippen molar-refractivity contribution in [2.24, 2.45) is 17.4 Å². The second-order valence-electron chi connectivity index (χ2n) is 7.04. The fourth-order valence-electron chi connectivity index (χ4n) is 2.64. The van der Waals surface area contributed by atoms with E-state index in [0.717, 1.165) is 5.56 Å². The first-order valence-electron chi connectivity index (χ1n) is 9.56. The van der Waals surface area contributed by atoms with E-state index in [-0.39, 0.29) is 30.5 Å². The van der Waals surface area contributed by atoms with E-state index >= 15 is 0 Å². The van der Waals surface area contributed by atoms with E-state index in [1.807, 2.05) is 38.1 Å². The molecule has 160 valence electrons. The normalized spacial score (nSPS) is 11.6. The lowest BCUT2D eigenvalue weighted by molar-refractivity contribution is -0.117. The zero-order valence-electron chi connectivity index (χ0n) is 17.4. The van der Waals surface area contributed by atoms with E-state index in [9.17, 15) is 9.59 Å². The van der Waals surface area contributed by atoms with Gasteiger partial charge in [0.25, 0.3) is 5.91 Å². The minimum Gasteiger partial charge on any atom is -0.496 e. The summed E-state index contributed by atoms with van der Waals surface area (Å²) in [6.45, 7) is 4.41. The van der Waals surface area contributed by atoms with Gasteiger partial charge in [-0.3, -0.25) is 9.59 Å². The van der Waals surface area contributed by atoms with Crippen molar-refractivity contribution >= 4 is 17.6 Å². The van der Waals surface area contributed by atoms with Crippen molar-refractivity contribution in [2.45, 2.75) is 20.3 Å². The Bertz CT molecular complexity index is 926. The van der Waals surface area contributed by atoms with Crippen molar-refractivity contribution in [1.82, 2.24) is 15.3 Å². The highest BCUT2D eigenvalue weighted by Crippen LogP contribution is 2.28. The van der Waals surface area contributed by atoms with Crippen molar-refractivity contribution in [1.29, 1.82) is 0 Å². The molecule has 1 aromatic carbocycles. The summed E-state index contributed by atoms with van der Waals surface area (Å²) in [6.07, 6.45) is 1.23. The summed E-state index contributed by atoms with van der Waals surface area (Å²) in [5.41, 5.74) is 13.3. The van der Waals surface area contributed by atoms with Crippen LogP contribution in [0, 0.1) is 5.92 Å². The number of carbonyl (C=O) groups is 2. The lowest BCUT2D eigenvalue weighted by Crippen LogP contribution is -2.34. The summed E-state index contributed by atoms with van der Waals surface area (Å²) < 4.78 is 5.35. The van der Waals surface area contributed by atoms with Crippen LogP contribution < -0.4 is 26.8 Å². The number of nitrogens with two attached hydrogens (primary N) is 2.